The first-order valence-corrected chi connectivity index (χ1v) is 11.7. The molecule has 0 bridgehead atoms. The average molecular weight is 468 g/mol. The molecule has 3 aromatic rings. The largest absolute Gasteiger partial charge is 0.326 e. The van der Waals surface area contributed by atoms with Crippen LogP contribution in [0.4, 0.5) is 15.8 Å². The van der Waals surface area contributed by atoms with Crippen molar-refractivity contribution < 1.29 is 22.4 Å². The number of nitrogens with one attached hydrogen (secondary N) is 2. The molecular weight excluding hydrogens is 445 g/mol. The zero-order chi connectivity index (χ0) is 23.6. The van der Waals surface area contributed by atoms with Crippen LogP contribution in [0.5, 0.6) is 0 Å². The number of hydrogen-bond acceptors (Lipinski definition) is 4. The van der Waals surface area contributed by atoms with Crippen molar-refractivity contribution in [2.24, 2.45) is 0 Å². The molecule has 0 spiro atoms. The highest BCUT2D eigenvalue weighted by molar-refractivity contribution is 7.89. The Kier molecular flexibility index (Phi) is 6.26. The molecule has 4 rings (SSSR count). The van der Waals surface area contributed by atoms with Crippen LogP contribution < -0.4 is 10.6 Å². The predicted molar refractivity (Wildman–Crippen MR) is 122 cm³/mol. The molecule has 0 saturated carbocycles. The second kappa shape index (κ2) is 9.13. The van der Waals surface area contributed by atoms with Gasteiger partial charge in [-0.05, 0) is 66.1 Å². The van der Waals surface area contributed by atoms with Gasteiger partial charge in [-0.2, -0.15) is 4.31 Å². The van der Waals surface area contributed by atoms with Crippen molar-refractivity contribution >= 4 is 33.2 Å². The molecule has 1 unspecified atom stereocenters. The summed E-state index contributed by atoms with van der Waals surface area (Å²) in [5.74, 6) is -1.24. The van der Waals surface area contributed by atoms with Gasteiger partial charge >= 0.3 is 0 Å². The first-order valence-electron chi connectivity index (χ1n) is 10.3. The van der Waals surface area contributed by atoms with E-state index in [-0.39, 0.29) is 23.8 Å². The van der Waals surface area contributed by atoms with Gasteiger partial charge in [0.1, 0.15) is 11.9 Å². The normalized spacial score (nSPS) is 16.0. The van der Waals surface area contributed by atoms with E-state index < -0.39 is 27.8 Å². The zero-order valence-corrected chi connectivity index (χ0v) is 18.6. The Labute approximate surface area is 191 Å². The fourth-order valence-corrected chi connectivity index (χ4v) is 5.35. The quantitative estimate of drug-likeness (QED) is 0.600. The molecule has 0 fully saturated rings. The second-order valence-electron chi connectivity index (χ2n) is 7.74. The lowest BCUT2D eigenvalue weighted by Crippen LogP contribution is -2.50. The summed E-state index contributed by atoms with van der Waals surface area (Å²) >= 11 is 0. The number of benzene rings is 3. The molecule has 2 amide bonds. The topological polar surface area (TPSA) is 95.6 Å². The van der Waals surface area contributed by atoms with Crippen molar-refractivity contribution in [1.29, 1.82) is 0 Å². The van der Waals surface area contributed by atoms with Gasteiger partial charge in [0.25, 0.3) is 0 Å². The van der Waals surface area contributed by atoms with Crippen molar-refractivity contribution in [3.63, 3.8) is 0 Å². The Hall–Kier alpha value is -3.56. The van der Waals surface area contributed by atoms with E-state index in [9.17, 15) is 22.4 Å². The Morgan fingerprint density at radius 1 is 0.879 bits per heavy atom. The maximum absolute atomic E-state index is 13.4. The zero-order valence-electron chi connectivity index (χ0n) is 17.8. The predicted octanol–water partition coefficient (Wildman–Crippen LogP) is 3.54. The molecule has 1 atom stereocenters. The maximum Gasteiger partial charge on any atom is 0.244 e. The minimum Gasteiger partial charge on any atom is -0.326 e. The molecule has 7 nitrogen and oxygen atoms in total. The third kappa shape index (κ3) is 4.94. The van der Waals surface area contributed by atoms with Crippen molar-refractivity contribution in [2.75, 3.05) is 10.6 Å². The van der Waals surface area contributed by atoms with Gasteiger partial charge < -0.3 is 10.6 Å². The fraction of sp³-hybridized carbons (Fsp3) is 0.167. The molecule has 170 valence electrons. The molecule has 0 aromatic heterocycles. The van der Waals surface area contributed by atoms with E-state index >= 15 is 0 Å². The second-order valence-corrected chi connectivity index (χ2v) is 9.63. The lowest BCUT2D eigenvalue weighted by Gasteiger charge is -2.35. The summed E-state index contributed by atoms with van der Waals surface area (Å²) in [7, 11) is -4.07. The van der Waals surface area contributed by atoms with Crippen molar-refractivity contribution in [1.82, 2.24) is 4.31 Å². The highest BCUT2D eigenvalue weighted by Crippen LogP contribution is 2.30. The molecule has 1 aliphatic heterocycles. The molecule has 2 N–H and O–H groups in total. The monoisotopic (exact) mass is 467 g/mol. The molecule has 1 aliphatic rings. The number of rotatable bonds is 5. The molecule has 33 heavy (non-hydrogen) atoms. The summed E-state index contributed by atoms with van der Waals surface area (Å²) in [4.78, 5) is 24.3. The summed E-state index contributed by atoms with van der Waals surface area (Å²) < 4.78 is 41.3. The van der Waals surface area contributed by atoms with Gasteiger partial charge in [0.15, 0.2) is 0 Å². The number of carbonyl (C=O) groups is 2. The van der Waals surface area contributed by atoms with Gasteiger partial charge in [0.05, 0.1) is 4.90 Å². The van der Waals surface area contributed by atoms with E-state index in [1.165, 1.54) is 19.1 Å². The van der Waals surface area contributed by atoms with Gasteiger partial charge in [-0.3, -0.25) is 9.59 Å². The molecular formula is C24H22FN3O4S. The van der Waals surface area contributed by atoms with Gasteiger partial charge in [-0.25, -0.2) is 12.8 Å². The summed E-state index contributed by atoms with van der Waals surface area (Å²) in [5, 5.41) is 5.41. The van der Waals surface area contributed by atoms with Gasteiger partial charge in [-0.15, -0.1) is 0 Å². The van der Waals surface area contributed by atoms with Gasteiger partial charge in [0, 0.05) is 24.8 Å². The maximum atomic E-state index is 13.4. The Bertz CT molecular complexity index is 1290. The van der Waals surface area contributed by atoms with Crippen LogP contribution >= 0.6 is 0 Å². The number of hydrogen-bond donors (Lipinski definition) is 2. The number of carbonyl (C=O) groups excluding carboxylic acids is 2. The third-order valence-electron chi connectivity index (χ3n) is 5.40. The summed E-state index contributed by atoms with van der Waals surface area (Å²) in [6.45, 7) is 1.42. The van der Waals surface area contributed by atoms with Crippen LogP contribution in [0.25, 0.3) is 0 Å². The SMILES string of the molecule is CC(=O)Nc1ccc(NC(=O)C2Cc3ccccc3CN2S(=O)(=O)c2ccc(F)cc2)cc1. The Balaban J connectivity index is 1.64. The van der Waals surface area contributed by atoms with Crippen LogP contribution in [-0.4, -0.2) is 30.6 Å². The average Bonchev–Trinajstić information content (AvgIpc) is 2.79. The molecule has 0 aliphatic carbocycles. The van der Waals surface area contributed by atoms with E-state index in [4.69, 9.17) is 0 Å². The van der Waals surface area contributed by atoms with E-state index in [1.54, 1.807) is 24.3 Å². The van der Waals surface area contributed by atoms with E-state index in [0.29, 0.717) is 11.4 Å². The van der Waals surface area contributed by atoms with Crippen LogP contribution in [-0.2, 0) is 32.6 Å². The number of sulfonamides is 1. The van der Waals surface area contributed by atoms with E-state index in [1.807, 2.05) is 24.3 Å². The minimum absolute atomic E-state index is 0.0233. The Morgan fingerprint density at radius 2 is 1.45 bits per heavy atom. The third-order valence-corrected chi connectivity index (χ3v) is 7.27. The lowest BCUT2D eigenvalue weighted by atomic mass is 9.95. The standard InChI is InChI=1S/C24H22FN3O4S/c1-16(29)26-20-8-10-21(11-9-20)27-24(30)23-14-17-4-2-3-5-18(17)15-28(23)33(31,32)22-12-6-19(25)7-13-22/h2-13,23H,14-15H2,1H3,(H,26,29)(H,27,30). The highest BCUT2D eigenvalue weighted by Gasteiger charge is 2.39. The summed E-state index contributed by atoms with van der Waals surface area (Å²) in [6, 6.07) is 17.5. The number of anilines is 2. The smallest absolute Gasteiger partial charge is 0.244 e. The van der Waals surface area contributed by atoms with Crippen LogP contribution in [0.15, 0.2) is 77.7 Å². The van der Waals surface area contributed by atoms with Gasteiger partial charge in [-0.1, -0.05) is 24.3 Å². The van der Waals surface area contributed by atoms with Crippen molar-refractivity contribution in [2.45, 2.75) is 30.8 Å². The molecule has 0 saturated heterocycles. The molecule has 3 aromatic carbocycles. The number of amides is 2. The molecule has 0 radical (unpaired) electrons. The first-order chi connectivity index (χ1) is 15.7. The number of nitrogens with zero attached hydrogens (tertiary/aromatic N) is 1. The fourth-order valence-electron chi connectivity index (χ4n) is 3.78. The van der Waals surface area contributed by atoms with Crippen molar-refractivity contribution in [3.8, 4) is 0 Å². The van der Waals surface area contributed by atoms with Crippen molar-refractivity contribution in [3.05, 3.63) is 89.7 Å². The first kappa shape index (κ1) is 22.6. The Morgan fingerprint density at radius 3 is 2.06 bits per heavy atom. The minimum atomic E-state index is -4.07. The number of fused-ring (bicyclic) bond motifs is 1. The van der Waals surface area contributed by atoms with E-state index in [2.05, 4.69) is 10.6 Å². The van der Waals surface area contributed by atoms with Crippen LogP contribution in [0, 0.1) is 5.82 Å². The lowest BCUT2D eigenvalue weighted by molar-refractivity contribution is -0.120. The van der Waals surface area contributed by atoms with Crippen LogP contribution in [0.1, 0.15) is 18.1 Å². The number of halogens is 1. The van der Waals surface area contributed by atoms with Crippen LogP contribution in [0.2, 0.25) is 0 Å². The highest BCUT2D eigenvalue weighted by atomic mass is 32.2. The summed E-state index contributed by atoms with van der Waals surface area (Å²) in [5.41, 5.74) is 2.75. The van der Waals surface area contributed by atoms with Crippen LogP contribution in [0.3, 0.4) is 0 Å². The molecule has 9 heteroatoms. The summed E-state index contributed by atoms with van der Waals surface area (Å²) in [6.07, 6.45) is 0.201. The van der Waals surface area contributed by atoms with E-state index in [0.717, 1.165) is 27.6 Å². The molecule has 1 heterocycles. The van der Waals surface area contributed by atoms with Gasteiger partial charge in [0.2, 0.25) is 21.8 Å².